The van der Waals surface area contributed by atoms with Gasteiger partial charge in [0.2, 0.25) is 0 Å². The van der Waals surface area contributed by atoms with Gasteiger partial charge in [-0.25, -0.2) is 4.79 Å². The number of hydrogen-bond donors (Lipinski definition) is 1. The molecule has 4 nitrogen and oxygen atoms in total. The van der Waals surface area contributed by atoms with Crippen LogP contribution in [0.15, 0.2) is 0 Å². The number of epoxide rings is 1. The third-order valence-electron chi connectivity index (χ3n) is 1.21. The fraction of sp³-hybridized carbons (Fsp3) is 0.857. The van der Waals surface area contributed by atoms with Crippen LogP contribution in [0.1, 0.15) is 13.8 Å². The Bertz CT molecular complexity index is 143. The maximum Gasteiger partial charge on any atom is 0.407 e. The van der Waals surface area contributed by atoms with Gasteiger partial charge in [0.15, 0.2) is 0 Å². The van der Waals surface area contributed by atoms with Crippen LogP contribution in [-0.4, -0.2) is 31.5 Å². The molecule has 1 aliphatic rings. The molecule has 1 fully saturated rings. The lowest BCUT2D eigenvalue weighted by Gasteiger charge is -2.07. The SMILES string of the molecule is CC(C)NC(=O)OCC1CO1. The van der Waals surface area contributed by atoms with Gasteiger partial charge in [-0.15, -0.1) is 0 Å². The Morgan fingerprint density at radius 2 is 2.45 bits per heavy atom. The van der Waals surface area contributed by atoms with Gasteiger partial charge in [-0.05, 0) is 13.8 Å². The Morgan fingerprint density at radius 3 is 2.91 bits per heavy atom. The Hall–Kier alpha value is -0.770. The van der Waals surface area contributed by atoms with Gasteiger partial charge >= 0.3 is 6.09 Å². The lowest BCUT2D eigenvalue weighted by Crippen LogP contribution is -2.31. The smallest absolute Gasteiger partial charge is 0.407 e. The highest BCUT2D eigenvalue weighted by Crippen LogP contribution is 2.08. The number of carbonyl (C=O) groups is 1. The highest BCUT2D eigenvalue weighted by atomic mass is 16.6. The first-order chi connectivity index (χ1) is 5.18. The predicted octanol–water partition coefficient (Wildman–Crippen LogP) is 0.520. The molecule has 0 bridgehead atoms. The van der Waals surface area contributed by atoms with Crippen LogP contribution in [0.5, 0.6) is 0 Å². The first-order valence-corrected chi connectivity index (χ1v) is 3.73. The zero-order chi connectivity index (χ0) is 8.27. The molecule has 0 aromatic heterocycles. The summed E-state index contributed by atoms with van der Waals surface area (Å²) in [6, 6.07) is 0.127. The lowest BCUT2D eigenvalue weighted by molar-refractivity contribution is 0.134. The predicted molar refractivity (Wildman–Crippen MR) is 39.4 cm³/mol. The van der Waals surface area contributed by atoms with E-state index in [4.69, 9.17) is 9.47 Å². The van der Waals surface area contributed by atoms with Crippen LogP contribution in [-0.2, 0) is 9.47 Å². The van der Waals surface area contributed by atoms with Crippen molar-refractivity contribution in [1.82, 2.24) is 5.32 Å². The van der Waals surface area contributed by atoms with Gasteiger partial charge in [0.1, 0.15) is 12.7 Å². The topological polar surface area (TPSA) is 50.9 Å². The van der Waals surface area contributed by atoms with Gasteiger partial charge in [-0.1, -0.05) is 0 Å². The van der Waals surface area contributed by atoms with Gasteiger partial charge < -0.3 is 14.8 Å². The largest absolute Gasteiger partial charge is 0.447 e. The van der Waals surface area contributed by atoms with E-state index >= 15 is 0 Å². The van der Waals surface area contributed by atoms with Crippen LogP contribution in [0.2, 0.25) is 0 Å². The molecule has 0 radical (unpaired) electrons. The molecule has 64 valence electrons. The standard InChI is InChI=1S/C7H13NO3/c1-5(2)8-7(9)11-4-6-3-10-6/h5-6H,3-4H2,1-2H3,(H,8,9). The fourth-order valence-corrected chi connectivity index (χ4v) is 0.610. The Labute approximate surface area is 65.9 Å². The van der Waals surface area contributed by atoms with E-state index in [-0.39, 0.29) is 18.2 Å². The van der Waals surface area contributed by atoms with Gasteiger partial charge in [0.05, 0.1) is 6.61 Å². The zero-order valence-electron chi connectivity index (χ0n) is 6.79. The summed E-state index contributed by atoms with van der Waals surface area (Å²) in [6.45, 7) is 4.86. The van der Waals surface area contributed by atoms with E-state index in [1.807, 2.05) is 13.8 Å². The molecule has 1 atom stereocenters. The first-order valence-electron chi connectivity index (χ1n) is 3.73. The lowest BCUT2D eigenvalue weighted by atomic mass is 10.4. The molecule has 1 heterocycles. The van der Waals surface area contributed by atoms with E-state index in [0.29, 0.717) is 6.61 Å². The molecule has 1 amide bonds. The van der Waals surface area contributed by atoms with E-state index in [9.17, 15) is 4.79 Å². The molecule has 11 heavy (non-hydrogen) atoms. The normalized spacial score (nSPS) is 21.5. The van der Waals surface area contributed by atoms with Crippen LogP contribution in [0, 0.1) is 0 Å². The highest BCUT2D eigenvalue weighted by molar-refractivity contribution is 5.67. The van der Waals surface area contributed by atoms with Crippen LogP contribution in [0.25, 0.3) is 0 Å². The van der Waals surface area contributed by atoms with Crippen LogP contribution in [0.4, 0.5) is 4.79 Å². The van der Waals surface area contributed by atoms with Crippen molar-refractivity contribution >= 4 is 6.09 Å². The van der Waals surface area contributed by atoms with Crippen molar-refractivity contribution in [2.75, 3.05) is 13.2 Å². The van der Waals surface area contributed by atoms with Crippen LogP contribution in [0.3, 0.4) is 0 Å². The molecule has 0 aromatic carbocycles. The summed E-state index contributed by atoms with van der Waals surface area (Å²) in [5.41, 5.74) is 0. The van der Waals surface area contributed by atoms with Crippen LogP contribution >= 0.6 is 0 Å². The average Bonchev–Trinajstić information content (AvgIpc) is 2.63. The van der Waals surface area contributed by atoms with E-state index in [1.165, 1.54) is 0 Å². The summed E-state index contributed by atoms with van der Waals surface area (Å²) in [5.74, 6) is 0. The van der Waals surface area contributed by atoms with E-state index < -0.39 is 0 Å². The number of rotatable bonds is 3. The first kappa shape index (κ1) is 8.33. The average molecular weight is 159 g/mol. The van der Waals surface area contributed by atoms with Crippen molar-refractivity contribution in [2.45, 2.75) is 26.0 Å². The minimum absolute atomic E-state index is 0.127. The Morgan fingerprint density at radius 1 is 1.82 bits per heavy atom. The van der Waals surface area contributed by atoms with E-state index in [2.05, 4.69) is 5.32 Å². The number of amides is 1. The summed E-state index contributed by atoms with van der Waals surface area (Å²) < 4.78 is 9.66. The molecule has 0 saturated carbocycles. The van der Waals surface area contributed by atoms with E-state index in [1.54, 1.807) is 0 Å². The second kappa shape index (κ2) is 3.57. The summed E-state index contributed by atoms with van der Waals surface area (Å²) in [7, 11) is 0. The molecule has 1 rings (SSSR count). The minimum atomic E-state index is -0.365. The summed E-state index contributed by atoms with van der Waals surface area (Å²) in [5, 5.41) is 2.61. The van der Waals surface area contributed by atoms with Gasteiger partial charge in [0, 0.05) is 6.04 Å². The number of ether oxygens (including phenoxy) is 2. The van der Waals surface area contributed by atoms with Gasteiger partial charge in [-0.2, -0.15) is 0 Å². The maximum atomic E-state index is 10.8. The van der Waals surface area contributed by atoms with Crippen molar-refractivity contribution in [2.24, 2.45) is 0 Å². The van der Waals surface area contributed by atoms with Crippen molar-refractivity contribution in [1.29, 1.82) is 0 Å². The van der Waals surface area contributed by atoms with Crippen molar-refractivity contribution in [3.63, 3.8) is 0 Å². The second-order valence-corrected chi connectivity index (χ2v) is 2.85. The van der Waals surface area contributed by atoms with Crippen molar-refractivity contribution in [3.8, 4) is 0 Å². The molecule has 1 aliphatic heterocycles. The van der Waals surface area contributed by atoms with Gasteiger partial charge in [0.25, 0.3) is 0 Å². The molecule has 1 N–H and O–H groups in total. The van der Waals surface area contributed by atoms with Crippen molar-refractivity contribution in [3.05, 3.63) is 0 Å². The molecule has 0 aromatic rings. The Balaban J connectivity index is 2.00. The monoisotopic (exact) mass is 159 g/mol. The number of nitrogens with one attached hydrogen (secondary N) is 1. The summed E-state index contributed by atoms with van der Waals surface area (Å²) in [6.07, 6.45) is -0.219. The molecule has 0 spiro atoms. The number of alkyl carbamates (subject to hydrolysis) is 1. The zero-order valence-corrected chi connectivity index (χ0v) is 6.79. The summed E-state index contributed by atoms with van der Waals surface area (Å²) >= 11 is 0. The minimum Gasteiger partial charge on any atom is -0.447 e. The molecule has 1 saturated heterocycles. The maximum absolute atomic E-state index is 10.8. The van der Waals surface area contributed by atoms with Crippen LogP contribution < -0.4 is 5.32 Å². The molecule has 4 heteroatoms. The molecule has 1 unspecified atom stereocenters. The second-order valence-electron chi connectivity index (χ2n) is 2.85. The number of hydrogen-bond acceptors (Lipinski definition) is 3. The number of carbonyl (C=O) groups excluding carboxylic acids is 1. The van der Waals surface area contributed by atoms with E-state index in [0.717, 1.165) is 6.61 Å². The molecular formula is C7H13NO3. The fourth-order valence-electron chi connectivity index (χ4n) is 0.610. The summed E-state index contributed by atoms with van der Waals surface area (Å²) in [4.78, 5) is 10.8. The molecular weight excluding hydrogens is 146 g/mol. The van der Waals surface area contributed by atoms with Gasteiger partial charge in [-0.3, -0.25) is 0 Å². The van der Waals surface area contributed by atoms with Crippen molar-refractivity contribution < 1.29 is 14.3 Å². The Kier molecular flexibility index (Phi) is 2.70. The molecule has 0 aliphatic carbocycles. The third-order valence-corrected chi connectivity index (χ3v) is 1.21. The quantitative estimate of drug-likeness (QED) is 0.611. The third kappa shape index (κ3) is 3.83. The highest BCUT2D eigenvalue weighted by Gasteiger charge is 2.24.